The molecule has 0 amide bonds. The molecule has 2 aromatic carbocycles. The normalized spacial score (nSPS) is 12.5. The van der Waals surface area contributed by atoms with Crippen LogP contribution in [0.5, 0.6) is 0 Å². The maximum Gasteiger partial charge on any atom is 0.229 e. The van der Waals surface area contributed by atoms with Crippen LogP contribution in [0.3, 0.4) is 0 Å². The van der Waals surface area contributed by atoms with Crippen molar-refractivity contribution >= 4 is 29.2 Å². The summed E-state index contributed by atoms with van der Waals surface area (Å²) in [6.07, 6.45) is 4.22. The molecule has 31 heavy (non-hydrogen) atoms. The Morgan fingerprint density at radius 1 is 1.03 bits per heavy atom. The van der Waals surface area contributed by atoms with Crippen LogP contribution in [-0.4, -0.2) is 16.5 Å². The molecule has 2 heterocycles. The number of allylic oxidation sites excluding steroid dienone is 1. The van der Waals surface area contributed by atoms with Gasteiger partial charge in [0.2, 0.25) is 5.95 Å². The van der Waals surface area contributed by atoms with E-state index in [1.807, 2.05) is 31.2 Å². The van der Waals surface area contributed by atoms with Gasteiger partial charge in [-0.15, -0.1) is 0 Å². The highest BCUT2D eigenvalue weighted by atomic mass is 15.3. The van der Waals surface area contributed by atoms with Gasteiger partial charge >= 0.3 is 0 Å². The maximum absolute atomic E-state index is 8.98. The topological polar surface area (TPSA) is 88.6 Å². The van der Waals surface area contributed by atoms with Gasteiger partial charge in [-0.2, -0.15) is 15.5 Å². The average molecular weight is 406 g/mol. The second-order valence-electron chi connectivity index (χ2n) is 7.62. The van der Waals surface area contributed by atoms with Crippen molar-refractivity contribution in [1.82, 2.24) is 9.97 Å². The monoisotopic (exact) mass is 406 g/mol. The summed E-state index contributed by atoms with van der Waals surface area (Å²) < 4.78 is 0. The van der Waals surface area contributed by atoms with Gasteiger partial charge in [-0.25, -0.2) is 4.98 Å². The Labute approximate surface area is 182 Å². The minimum absolute atomic E-state index is 0.539. The van der Waals surface area contributed by atoms with Crippen LogP contribution >= 0.6 is 0 Å². The molecule has 152 valence electrons. The summed E-state index contributed by atoms with van der Waals surface area (Å²) >= 11 is 0. The van der Waals surface area contributed by atoms with E-state index >= 15 is 0 Å². The molecule has 0 spiro atoms. The first-order valence-electron chi connectivity index (χ1n) is 10.1. The summed E-state index contributed by atoms with van der Waals surface area (Å²) in [5.41, 5.74) is 8.03. The molecule has 6 nitrogen and oxygen atoms in total. The van der Waals surface area contributed by atoms with Crippen molar-refractivity contribution in [3.63, 3.8) is 0 Å². The van der Waals surface area contributed by atoms with Crippen LogP contribution in [0.15, 0.2) is 42.5 Å². The number of nitrogens with zero attached hydrogens (tertiary/aromatic N) is 5. The van der Waals surface area contributed by atoms with Gasteiger partial charge in [0.25, 0.3) is 0 Å². The van der Waals surface area contributed by atoms with Gasteiger partial charge in [-0.05, 0) is 86.4 Å². The zero-order chi connectivity index (χ0) is 22.0. The molecule has 0 aliphatic carbocycles. The molecule has 1 N–H and O–H groups in total. The van der Waals surface area contributed by atoms with Gasteiger partial charge in [0, 0.05) is 35.3 Å². The van der Waals surface area contributed by atoms with E-state index < -0.39 is 0 Å². The molecule has 0 saturated carbocycles. The van der Waals surface area contributed by atoms with Crippen molar-refractivity contribution in [3.8, 4) is 12.1 Å². The highest BCUT2D eigenvalue weighted by Gasteiger charge is 2.27. The van der Waals surface area contributed by atoms with Crippen LogP contribution < -0.4 is 10.2 Å². The van der Waals surface area contributed by atoms with E-state index in [-0.39, 0.29) is 0 Å². The lowest BCUT2D eigenvalue weighted by molar-refractivity contribution is 0.975. The summed E-state index contributed by atoms with van der Waals surface area (Å²) in [5.74, 6) is 1.46. The van der Waals surface area contributed by atoms with Crippen LogP contribution in [0.4, 0.5) is 23.1 Å². The Hall–Kier alpha value is -4.16. The second kappa shape index (κ2) is 8.30. The van der Waals surface area contributed by atoms with Gasteiger partial charge in [-0.3, -0.25) is 0 Å². The zero-order valence-corrected chi connectivity index (χ0v) is 17.8. The molecule has 0 atom stereocenters. The van der Waals surface area contributed by atoms with E-state index in [2.05, 4.69) is 47.3 Å². The van der Waals surface area contributed by atoms with E-state index in [9.17, 15) is 0 Å². The lowest BCUT2D eigenvalue weighted by Crippen LogP contribution is -2.17. The number of benzene rings is 2. The van der Waals surface area contributed by atoms with E-state index in [0.29, 0.717) is 11.5 Å². The highest BCUT2D eigenvalue weighted by molar-refractivity contribution is 5.75. The number of aryl methyl sites for hydroxylation is 3. The lowest BCUT2D eigenvalue weighted by Gasteiger charge is -2.24. The first kappa shape index (κ1) is 20.1. The Morgan fingerprint density at radius 2 is 1.74 bits per heavy atom. The van der Waals surface area contributed by atoms with Gasteiger partial charge < -0.3 is 10.2 Å². The SMILES string of the molecule is Cc1cc(/C=C/C#N)cc(C)c1N1CCc2c(C)nc(Nc3ccc(C#N)cc3)nc21. The second-order valence-corrected chi connectivity index (χ2v) is 7.62. The largest absolute Gasteiger partial charge is 0.325 e. The van der Waals surface area contributed by atoms with Crippen LogP contribution in [0, 0.1) is 43.4 Å². The molecule has 1 aliphatic rings. The molecular weight excluding hydrogens is 384 g/mol. The predicted octanol–water partition coefficient (Wildman–Crippen LogP) is 5.25. The molecule has 0 radical (unpaired) electrons. The smallest absolute Gasteiger partial charge is 0.229 e. The molecular formula is C25H22N6. The average Bonchev–Trinajstić information content (AvgIpc) is 3.16. The number of aromatic nitrogens is 2. The van der Waals surface area contributed by atoms with Crippen LogP contribution in [0.1, 0.15) is 33.5 Å². The van der Waals surface area contributed by atoms with Crippen LogP contribution in [0.2, 0.25) is 0 Å². The Kier molecular flexibility index (Phi) is 5.39. The van der Waals surface area contributed by atoms with Gasteiger partial charge in [0.1, 0.15) is 5.82 Å². The fourth-order valence-electron chi connectivity index (χ4n) is 4.10. The molecule has 0 unspecified atom stereocenters. The van der Waals surface area contributed by atoms with Crippen molar-refractivity contribution in [2.75, 3.05) is 16.8 Å². The molecule has 0 fully saturated rings. The Morgan fingerprint density at radius 3 is 2.39 bits per heavy atom. The Balaban J connectivity index is 1.70. The van der Waals surface area contributed by atoms with Gasteiger partial charge in [-0.1, -0.05) is 0 Å². The molecule has 6 heteroatoms. The van der Waals surface area contributed by atoms with Crippen molar-refractivity contribution in [2.45, 2.75) is 27.2 Å². The van der Waals surface area contributed by atoms with Crippen molar-refractivity contribution < 1.29 is 0 Å². The first-order valence-corrected chi connectivity index (χ1v) is 10.1. The van der Waals surface area contributed by atoms with Crippen molar-refractivity contribution in [2.24, 2.45) is 0 Å². The fraction of sp³-hybridized carbons (Fsp3) is 0.200. The van der Waals surface area contributed by atoms with E-state index in [0.717, 1.165) is 58.1 Å². The third kappa shape index (κ3) is 3.97. The third-order valence-electron chi connectivity index (χ3n) is 5.44. The minimum Gasteiger partial charge on any atom is -0.325 e. The van der Waals surface area contributed by atoms with Crippen molar-refractivity contribution in [3.05, 3.63) is 76.0 Å². The molecule has 1 aliphatic heterocycles. The number of hydrogen-bond donors (Lipinski definition) is 1. The molecule has 4 rings (SSSR count). The third-order valence-corrected chi connectivity index (χ3v) is 5.44. The zero-order valence-electron chi connectivity index (χ0n) is 17.8. The predicted molar refractivity (Wildman–Crippen MR) is 122 cm³/mol. The number of nitrogens with one attached hydrogen (secondary N) is 1. The number of hydrogen-bond acceptors (Lipinski definition) is 6. The van der Waals surface area contributed by atoms with Crippen molar-refractivity contribution in [1.29, 1.82) is 10.5 Å². The summed E-state index contributed by atoms with van der Waals surface area (Å²) in [4.78, 5) is 11.8. The van der Waals surface area contributed by atoms with E-state index in [1.165, 1.54) is 6.08 Å². The molecule has 1 aromatic heterocycles. The maximum atomic E-state index is 8.98. The standard InChI is InChI=1S/C25H22N6/c1-16-13-20(5-4-11-26)14-17(2)23(16)31-12-10-22-18(3)28-25(30-24(22)31)29-21-8-6-19(15-27)7-9-21/h4-9,13-14H,10,12H2,1-3H3,(H,28,29,30)/b5-4+. The minimum atomic E-state index is 0.539. The van der Waals surface area contributed by atoms with E-state index in [4.69, 9.17) is 15.5 Å². The summed E-state index contributed by atoms with van der Waals surface area (Å²) in [5, 5.41) is 21.1. The highest BCUT2D eigenvalue weighted by Crippen LogP contribution is 2.39. The lowest BCUT2D eigenvalue weighted by atomic mass is 10.0. The summed E-state index contributed by atoms with van der Waals surface area (Å²) in [7, 11) is 0. The summed E-state index contributed by atoms with van der Waals surface area (Å²) in [6, 6.07) is 15.6. The number of fused-ring (bicyclic) bond motifs is 1. The summed E-state index contributed by atoms with van der Waals surface area (Å²) in [6.45, 7) is 7.05. The molecule has 0 bridgehead atoms. The van der Waals surface area contributed by atoms with Gasteiger partial charge in [0.05, 0.1) is 17.7 Å². The van der Waals surface area contributed by atoms with Crippen LogP contribution in [0.25, 0.3) is 6.08 Å². The Bertz CT molecular complexity index is 1240. The number of rotatable bonds is 4. The molecule has 0 saturated heterocycles. The first-order chi connectivity index (χ1) is 15.0. The number of anilines is 4. The fourth-order valence-corrected chi connectivity index (χ4v) is 4.10. The number of nitriles is 2. The molecule has 3 aromatic rings. The van der Waals surface area contributed by atoms with Crippen LogP contribution in [-0.2, 0) is 6.42 Å². The van der Waals surface area contributed by atoms with E-state index in [1.54, 1.807) is 12.1 Å². The quantitative estimate of drug-likeness (QED) is 0.596. The van der Waals surface area contributed by atoms with Gasteiger partial charge in [0.15, 0.2) is 0 Å².